The van der Waals surface area contributed by atoms with Gasteiger partial charge in [-0.25, -0.2) is 9.67 Å². The topological polar surface area (TPSA) is 102 Å². The molecule has 2 N–H and O–H groups in total. The van der Waals surface area contributed by atoms with Gasteiger partial charge in [0.1, 0.15) is 17.9 Å². The van der Waals surface area contributed by atoms with Gasteiger partial charge in [0.15, 0.2) is 5.65 Å². The molecule has 1 aliphatic carbocycles. The highest BCUT2D eigenvalue weighted by atomic mass is 32.1. The first kappa shape index (κ1) is 18.1. The highest BCUT2D eigenvalue weighted by molar-refractivity contribution is 7.16. The molecule has 9 heteroatoms. The van der Waals surface area contributed by atoms with Crippen molar-refractivity contribution in [3.05, 3.63) is 27.8 Å². The van der Waals surface area contributed by atoms with Crippen LogP contribution < -0.4 is 10.9 Å². The van der Waals surface area contributed by atoms with Crippen LogP contribution in [-0.2, 0) is 11.3 Å². The number of nitrogens with zero attached hydrogens (tertiary/aromatic N) is 4. The quantitative estimate of drug-likeness (QED) is 0.706. The predicted octanol–water partition coefficient (Wildman–Crippen LogP) is 1.65. The van der Waals surface area contributed by atoms with Gasteiger partial charge in [0.2, 0.25) is 5.91 Å². The molecular formula is C18H23N5O3S. The molecule has 2 atom stereocenters. The van der Waals surface area contributed by atoms with E-state index in [4.69, 9.17) is 0 Å². The van der Waals surface area contributed by atoms with Gasteiger partial charge in [0.05, 0.1) is 16.3 Å². The average molecular weight is 389 g/mol. The van der Waals surface area contributed by atoms with Crippen LogP contribution in [0.3, 0.4) is 0 Å². The lowest BCUT2D eigenvalue weighted by atomic mass is 9.93. The van der Waals surface area contributed by atoms with Gasteiger partial charge in [0, 0.05) is 12.0 Å². The van der Waals surface area contributed by atoms with E-state index >= 15 is 0 Å². The summed E-state index contributed by atoms with van der Waals surface area (Å²) in [6.45, 7) is 3.87. The first-order valence-corrected chi connectivity index (χ1v) is 10.1. The van der Waals surface area contributed by atoms with Crippen LogP contribution in [0, 0.1) is 0 Å². The number of hydrogen-bond donors (Lipinski definition) is 2. The van der Waals surface area contributed by atoms with Crippen LogP contribution in [0.4, 0.5) is 0 Å². The van der Waals surface area contributed by atoms with Gasteiger partial charge in [-0.05, 0) is 31.7 Å². The summed E-state index contributed by atoms with van der Waals surface area (Å²) >= 11 is 1.47. The molecule has 0 radical (unpaired) electrons. The number of aliphatic hydroxyl groups excluding tert-OH is 1. The number of fused-ring (bicyclic) bond motifs is 3. The third kappa shape index (κ3) is 3.37. The number of amides is 1. The summed E-state index contributed by atoms with van der Waals surface area (Å²) in [5.41, 5.74) is 2.67. The Bertz CT molecular complexity index is 1050. The number of thiazole rings is 1. The molecule has 4 rings (SSSR count). The summed E-state index contributed by atoms with van der Waals surface area (Å²) in [6.07, 6.45) is 2.71. The van der Waals surface area contributed by atoms with Crippen LogP contribution in [0.15, 0.2) is 16.4 Å². The molecule has 0 spiro atoms. The zero-order valence-corrected chi connectivity index (χ0v) is 16.2. The van der Waals surface area contributed by atoms with E-state index in [-0.39, 0.29) is 36.1 Å². The molecular weight excluding hydrogens is 366 g/mol. The zero-order chi connectivity index (χ0) is 19.1. The Morgan fingerprint density at radius 2 is 2.26 bits per heavy atom. The van der Waals surface area contributed by atoms with E-state index in [1.165, 1.54) is 16.0 Å². The molecule has 1 fully saturated rings. The molecule has 3 heterocycles. The number of carbonyl (C=O) groups is 1. The summed E-state index contributed by atoms with van der Waals surface area (Å²) in [6, 6.07) is 1.77. The Hall–Kier alpha value is -2.26. The van der Waals surface area contributed by atoms with Gasteiger partial charge in [-0.3, -0.25) is 14.0 Å². The number of nitrogens with one attached hydrogen (secondary N) is 1. The fraction of sp³-hybridized carbons (Fsp3) is 0.556. The summed E-state index contributed by atoms with van der Waals surface area (Å²) in [5, 5.41) is 17.2. The Balaban J connectivity index is 1.66. The van der Waals surface area contributed by atoms with Crippen molar-refractivity contribution < 1.29 is 9.90 Å². The first-order chi connectivity index (χ1) is 12.9. The number of aromatic nitrogens is 4. The Morgan fingerprint density at radius 1 is 1.44 bits per heavy atom. The van der Waals surface area contributed by atoms with E-state index < -0.39 is 0 Å². The van der Waals surface area contributed by atoms with Crippen molar-refractivity contribution in [3.63, 3.8) is 0 Å². The number of hydrogen-bond acceptors (Lipinski definition) is 6. The van der Waals surface area contributed by atoms with Crippen molar-refractivity contribution in [2.24, 2.45) is 0 Å². The fourth-order valence-electron chi connectivity index (χ4n) is 3.74. The second-order valence-corrected chi connectivity index (χ2v) is 8.35. The van der Waals surface area contributed by atoms with E-state index in [9.17, 15) is 14.7 Å². The number of carbonyl (C=O) groups excluding carboxylic acids is 1. The summed E-state index contributed by atoms with van der Waals surface area (Å²) < 4.78 is 3.96. The SMILES string of the molecule is CC(C)c1nn(CC(=O)N[C@@H]2CCC[C@@H](O)C2)c(=O)c2cc3scnc3n12. The van der Waals surface area contributed by atoms with Gasteiger partial charge in [-0.2, -0.15) is 5.10 Å². The van der Waals surface area contributed by atoms with E-state index in [1.807, 2.05) is 19.9 Å². The largest absolute Gasteiger partial charge is 0.393 e. The van der Waals surface area contributed by atoms with Crippen molar-refractivity contribution in [2.75, 3.05) is 0 Å². The molecule has 0 bridgehead atoms. The Kier molecular flexibility index (Phi) is 4.73. The molecule has 0 saturated heterocycles. The van der Waals surface area contributed by atoms with Gasteiger partial charge in [-0.1, -0.05) is 13.8 Å². The summed E-state index contributed by atoms with van der Waals surface area (Å²) in [5.74, 6) is 0.508. The van der Waals surface area contributed by atoms with E-state index in [0.717, 1.165) is 29.6 Å². The molecule has 3 aromatic heterocycles. The Labute approximate surface area is 159 Å². The minimum atomic E-state index is -0.366. The first-order valence-electron chi connectivity index (χ1n) is 9.27. The van der Waals surface area contributed by atoms with E-state index in [2.05, 4.69) is 15.4 Å². The minimum Gasteiger partial charge on any atom is -0.393 e. The highest BCUT2D eigenvalue weighted by Gasteiger charge is 2.23. The summed E-state index contributed by atoms with van der Waals surface area (Å²) in [7, 11) is 0. The number of aliphatic hydroxyl groups is 1. The lowest BCUT2D eigenvalue weighted by Crippen LogP contribution is -2.43. The molecule has 8 nitrogen and oxygen atoms in total. The molecule has 1 saturated carbocycles. The van der Waals surface area contributed by atoms with Crippen LogP contribution in [0.2, 0.25) is 0 Å². The standard InChI is InChI=1S/C18H23N5O3S/c1-10(2)16-21-22(8-15(25)20-11-4-3-5-12(24)6-11)18(26)13-7-14-17(23(13)16)19-9-27-14/h7,9-12,24H,3-6,8H2,1-2H3,(H,20,25)/t11-,12-/m1/s1. The maximum Gasteiger partial charge on any atom is 0.291 e. The average Bonchev–Trinajstić information content (AvgIpc) is 3.18. The lowest BCUT2D eigenvalue weighted by Gasteiger charge is -2.26. The van der Waals surface area contributed by atoms with Gasteiger partial charge >= 0.3 is 0 Å². The highest BCUT2D eigenvalue weighted by Crippen LogP contribution is 2.24. The third-order valence-corrected chi connectivity index (χ3v) is 5.79. The number of rotatable bonds is 4. The zero-order valence-electron chi connectivity index (χ0n) is 15.4. The van der Waals surface area contributed by atoms with Crippen LogP contribution in [0.5, 0.6) is 0 Å². The minimum absolute atomic E-state index is 0.0481. The normalized spacial score (nSPS) is 20.6. The van der Waals surface area contributed by atoms with E-state index in [1.54, 1.807) is 9.91 Å². The van der Waals surface area contributed by atoms with Crippen molar-refractivity contribution >= 4 is 33.1 Å². The van der Waals surface area contributed by atoms with Crippen molar-refractivity contribution in [3.8, 4) is 0 Å². The molecule has 27 heavy (non-hydrogen) atoms. The molecule has 1 amide bonds. The molecule has 3 aromatic rings. The maximum absolute atomic E-state index is 12.9. The fourth-order valence-corrected chi connectivity index (χ4v) is 4.43. The maximum atomic E-state index is 12.9. The van der Waals surface area contributed by atoms with Gasteiger partial charge in [-0.15, -0.1) is 11.3 Å². The molecule has 144 valence electrons. The van der Waals surface area contributed by atoms with Crippen LogP contribution in [0.1, 0.15) is 51.3 Å². The van der Waals surface area contributed by atoms with Crippen LogP contribution in [0.25, 0.3) is 15.9 Å². The molecule has 0 aromatic carbocycles. The van der Waals surface area contributed by atoms with Crippen molar-refractivity contribution in [1.29, 1.82) is 0 Å². The van der Waals surface area contributed by atoms with Crippen molar-refractivity contribution in [1.82, 2.24) is 24.5 Å². The second kappa shape index (κ2) is 7.05. The molecule has 1 aliphatic rings. The van der Waals surface area contributed by atoms with Gasteiger partial charge in [0.25, 0.3) is 5.56 Å². The molecule has 0 aliphatic heterocycles. The second-order valence-electron chi connectivity index (χ2n) is 7.47. The van der Waals surface area contributed by atoms with Crippen LogP contribution >= 0.6 is 11.3 Å². The third-order valence-electron chi connectivity index (χ3n) is 5.02. The van der Waals surface area contributed by atoms with E-state index in [0.29, 0.717) is 17.8 Å². The van der Waals surface area contributed by atoms with Crippen LogP contribution in [-0.4, -0.2) is 42.3 Å². The lowest BCUT2D eigenvalue weighted by molar-refractivity contribution is -0.123. The Morgan fingerprint density at radius 3 is 3.00 bits per heavy atom. The predicted molar refractivity (Wildman–Crippen MR) is 103 cm³/mol. The smallest absolute Gasteiger partial charge is 0.291 e. The van der Waals surface area contributed by atoms with Crippen molar-refractivity contribution in [2.45, 2.75) is 64.1 Å². The summed E-state index contributed by atoms with van der Waals surface area (Å²) in [4.78, 5) is 29.7. The van der Waals surface area contributed by atoms with Gasteiger partial charge < -0.3 is 10.4 Å². The molecule has 0 unspecified atom stereocenters. The monoisotopic (exact) mass is 389 g/mol.